The van der Waals surface area contributed by atoms with E-state index in [1.807, 2.05) is 43.4 Å². The van der Waals surface area contributed by atoms with E-state index in [2.05, 4.69) is 24.3 Å². The summed E-state index contributed by atoms with van der Waals surface area (Å²) in [5.41, 5.74) is 0. The van der Waals surface area contributed by atoms with Crippen LogP contribution in [0.2, 0.25) is 0 Å². The van der Waals surface area contributed by atoms with Crippen molar-refractivity contribution in [3.05, 3.63) is 60.8 Å². The first-order valence-electron chi connectivity index (χ1n) is 9.40. The smallest absolute Gasteiger partial charge is 0.303 e. The average Bonchev–Trinajstić information content (AvgIpc) is 2.61. The molecular weight excluding hydrogens is 328 g/mol. The van der Waals surface area contributed by atoms with Crippen LogP contribution in [-0.2, 0) is 4.79 Å². The van der Waals surface area contributed by atoms with Crippen LogP contribution in [0.5, 0.6) is 0 Å². The first kappa shape index (κ1) is 24.1. The van der Waals surface area contributed by atoms with Crippen LogP contribution in [0.1, 0.15) is 58.3 Å². The van der Waals surface area contributed by atoms with Crippen molar-refractivity contribution in [3.8, 4) is 0 Å². The molecule has 0 rings (SSSR count). The fraction of sp³-hybridized carbons (Fsp3) is 0.500. The second-order valence-corrected chi connectivity index (χ2v) is 6.01. The number of carboxylic acid groups (broad SMARTS) is 1. The van der Waals surface area contributed by atoms with Crippen LogP contribution in [0.25, 0.3) is 0 Å². The molecule has 0 aromatic carbocycles. The summed E-state index contributed by atoms with van der Waals surface area (Å²) < 4.78 is 0. The molecule has 0 aliphatic rings. The van der Waals surface area contributed by atoms with E-state index >= 15 is 0 Å². The Bertz CT molecular complexity index is 486. The lowest BCUT2D eigenvalue weighted by Crippen LogP contribution is -2.24. The summed E-state index contributed by atoms with van der Waals surface area (Å²) in [6.45, 7) is 2.04. The molecule has 0 aromatic heterocycles. The van der Waals surface area contributed by atoms with Crippen molar-refractivity contribution in [2.75, 3.05) is 0 Å². The van der Waals surface area contributed by atoms with Gasteiger partial charge in [0, 0.05) is 6.42 Å². The Kier molecular flexibility index (Phi) is 16.6. The summed E-state index contributed by atoms with van der Waals surface area (Å²) in [5, 5.41) is 28.1. The molecule has 146 valence electrons. The first-order valence-corrected chi connectivity index (χ1v) is 9.40. The molecule has 26 heavy (non-hydrogen) atoms. The predicted molar refractivity (Wildman–Crippen MR) is 108 cm³/mol. The van der Waals surface area contributed by atoms with Crippen molar-refractivity contribution in [2.45, 2.75) is 70.5 Å². The standard InChI is InChI=1S/C22H34O4/c1-2-3-14-17-20(23)21(24)18-15-12-10-8-6-4-5-7-9-11-13-16-19-22(25)26/h3,5-8,11-15,20-21,23-24H,2,4,9-10,16-19H2,1H3,(H,25,26)/b7-5+,8-6+,13-11+,14-3+,15-12+/t20-,21-/m1/s1. The molecule has 0 bridgehead atoms. The van der Waals surface area contributed by atoms with E-state index in [0.717, 1.165) is 25.7 Å². The minimum atomic E-state index is -0.765. The van der Waals surface area contributed by atoms with Crippen molar-refractivity contribution in [2.24, 2.45) is 0 Å². The SMILES string of the molecule is CC/C=C/C[C@@H](O)[C@H](O)C/C=C/C/C=C/C/C=C/C/C=C/CCC(=O)O. The number of carbonyl (C=O) groups is 1. The Morgan fingerprint density at radius 1 is 0.731 bits per heavy atom. The monoisotopic (exact) mass is 362 g/mol. The average molecular weight is 363 g/mol. The molecule has 4 nitrogen and oxygen atoms in total. The molecular formula is C22H34O4. The largest absolute Gasteiger partial charge is 0.481 e. The van der Waals surface area contributed by atoms with Gasteiger partial charge in [-0.3, -0.25) is 4.79 Å². The number of aliphatic carboxylic acids is 1. The van der Waals surface area contributed by atoms with Crippen molar-refractivity contribution in [1.29, 1.82) is 0 Å². The molecule has 0 aromatic rings. The summed E-state index contributed by atoms with van der Waals surface area (Å²) in [6, 6.07) is 0. The van der Waals surface area contributed by atoms with Gasteiger partial charge >= 0.3 is 5.97 Å². The van der Waals surface area contributed by atoms with Crippen LogP contribution in [0.15, 0.2) is 60.8 Å². The lowest BCUT2D eigenvalue weighted by Gasteiger charge is -2.14. The fourth-order valence-electron chi connectivity index (χ4n) is 2.09. The molecule has 2 atom stereocenters. The van der Waals surface area contributed by atoms with E-state index < -0.39 is 18.2 Å². The van der Waals surface area contributed by atoms with Gasteiger partial charge in [0.05, 0.1) is 12.2 Å². The maximum Gasteiger partial charge on any atom is 0.303 e. The van der Waals surface area contributed by atoms with Gasteiger partial charge in [-0.1, -0.05) is 67.7 Å². The van der Waals surface area contributed by atoms with Gasteiger partial charge in [0.1, 0.15) is 0 Å². The zero-order valence-corrected chi connectivity index (χ0v) is 15.8. The number of aliphatic hydroxyl groups excluding tert-OH is 2. The maximum absolute atomic E-state index is 10.3. The van der Waals surface area contributed by atoms with Crippen molar-refractivity contribution < 1.29 is 20.1 Å². The minimum Gasteiger partial charge on any atom is -0.481 e. The Labute approximate surface area is 157 Å². The summed E-state index contributed by atoms with van der Waals surface area (Å²) in [5.74, 6) is -0.765. The van der Waals surface area contributed by atoms with Gasteiger partial charge in [-0.25, -0.2) is 0 Å². The number of carboxylic acids is 1. The van der Waals surface area contributed by atoms with Crippen molar-refractivity contribution in [3.63, 3.8) is 0 Å². The number of rotatable bonds is 15. The number of hydrogen-bond donors (Lipinski definition) is 3. The van der Waals surface area contributed by atoms with Gasteiger partial charge in [0.15, 0.2) is 0 Å². The topological polar surface area (TPSA) is 77.8 Å². The van der Waals surface area contributed by atoms with Crippen LogP contribution < -0.4 is 0 Å². The number of aliphatic hydroxyl groups is 2. The number of hydrogen-bond acceptors (Lipinski definition) is 3. The Morgan fingerprint density at radius 3 is 1.62 bits per heavy atom. The van der Waals surface area contributed by atoms with Crippen LogP contribution >= 0.6 is 0 Å². The van der Waals surface area contributed by atoms with E-state index in [9.17, 15) is 15.0 Å². The second-order valence-electron chi connectivity index (χ2n) is 6.01. The Hall–Kier alpha value is -1.91. The van der Waals surface area contributed by atoms with E-state index in [0.29, 0.717) is 19.3 Å². The molecule has 0 radical (unpaired) electrons. The second kappa shape index (κ2) is 17.9. The van der Waals surface area contributed by atoms with E-state index in [-0.39, 0.29) is 6.42 Å². The van der Waals surface area contributed by atoms with Crippen LogP contribution in [0.3, 0.4) is 0 Å². The fourth-order valence-corrected chi connectivity index (χ4v) is 2.09. The molecule has 0 saturated heterocycles. The van der Waals surface area contributed by atoms with Crippen molar-refractivity contribution in [1.82, 2.24) is 0 Å². The molecule has 0 heterocycles. The highest BCUT2D eigenvalue weighted by Gasteiger charge is 2.12. The van der Waals surface area contributed by atoms with Gasteiger partial charge in [-0.05, 0) is 44.9 Å². The molecule has 0 spiro atoms. The van der Waals surface area contributed by atoms with E-state index in [1.165, 1.54) is 0 Å². The van der Waals surface area contributed by atoms with E-state index in [4.69, 9.17) is 5.11 Å². The summed E-state index contributed by atoms with van der Waals surface area (Å²) in [7, 11) is 0. The Balaban J connectivity index is 3.70. The number of allylic oxidation sites excluding steroid dienone is 8. The van der Waals surface area contributed by atoms with Gasteiger partial charge in [0.2, 0.25) is 0 Å². The third-order valence-corrected chi connectivity index (χ3v) is 3.61. The minimum absolute atomic E-state index is 0.183. The molecule has 0 amide bonds. The lowest BCUT2D eigenvalue weighted by atomic mass is 10.1. The third kappa shape index (κ3) is 16.9. The van der Waals surface area contributed by atoms with E-state index in [1.54, 1.807) is 0 Å². The highest BCUT2D eigenvalue weighted by molar-refractivity contribution is 5.66. The normalized spacial score (nSPS) is 15.2. The molecule has 0 saturated carbocycles. The molecule has 0 fully saturated rings. The summed E-state index contributed by atoms with van der Waals surface area (Å²) in [4.78, 5) is 10.3. The summed E-state index contributed by atoms with van der Waals surface area (Å²) >= 11 is 0. The van der Waals surface area contributed by atoms with Crippen LogP contribution in [0.4, 0.5) is 0 Å². The zero-order chi connectivity index (χ0) is 19.5. The van der Waals surface area contributed by atoms with Gasteiger partial charge in [-0.15, -0.1) is 0 Å². The van der Waals surface area contributed by atoms with Gasteiger partial charge < -0.3 is 15.3 Å². The molecule has 0 unspecified atom stereocenters. The van der Waals surface area contributed by atoms with Crippen LogP contribution in [0, 0.1) is 0 Å². The highest BCUT2D eigenvalue weighted by Crippen LogP contribution is 2.06. The van der Waals surface area contributed by atoms with Gasteiger partial charge in [0.25, 0.3) is 0 Å². The lowest BCUT2D eigenvalue weighted by molar-refractivity contribution is -0.136. The first-order chi connectivity index (χ1) is 12.6. The zero-order valence-electron chi connectivity index (χ0n) is 15.8. The third-order valence-electron chi connectivity index (χ3n) is 3.61. The molecule has 0 aliphatic heterocycles. The maximum atomic E-state index is 10.3. The molecule has 0 aliphatic carbocycles. The predicted octanol–water partition coefficient (Wildman–Crippen LogP) is 4.71. The summed E-state index contributed by atoms with van der Waals surface area (Å²) in [6.07, 6.45) is 23.6. The molecule has 4 heteroatoms. The van der Waals surface area contributed by atoms with Gasteiger partial charge in [-0.2, -0.15) is 0 Å². The van der Waals surface area contributed by atoms with Crippen molar-refractivity contribution >= 4 is 5.97 Å². The highest BCUT2D eigenvalue weighted by atomic mass is 16.4. The molecule has 3 N–H and O–H groups in total. The van der Waals surface area contributed by atoms with Crippen LogP contribution in [-0.4, -0.2) is 33.5 Å². The Morgan fingerprint density at radius 2 is 1.15 bits per heavy atom. The quantitative estimate of drug-likeness (QED) is 0.369.